The van der Waals surface area contributed by atoms with Crippen molar-refractivity contribution in [2.45, 2.75) is 0 Å². The lowest BCUT2D eigenvalue weighted by Gasteiger charge is -2.06. The fraction of sp³-hybridized carbons (Fsp3) is 0.200. The first-order valence-electron chi connectivity index (χ1n) is 4.89. The fourth-order valence-corrected chi connectivity index (χ4v) is 1.77. The zero-order chi connectivity index (χ0) is 13.7. The highest BCUT2D eigenvalue weighted by Crippen LogP contribution is 2.27. The maximum Gasteiger partial charge on any atom is 0.284 e. The van der Waals surface area contributed by atoms with Gasteiger partial charge in [0, 0.05) is 13.1 Å². The zero-order valence-electron chi connectivity index (χ0n) is 9.40. The average Bonchev–Trinajstić information content (AvgIpc) is 2.35. The van der Waals surface area contributed by atoms with Crippen molar-refractivity contribution in [3.05, 3.63) is 38.3 Å². The van der Waals surface area contributed by atoms with Crippen LogP contribution >= 0.6 is 15.9 Å². The predicted octanol–water partition coefficient (Wildman–Crippen LogP) is 0.833. The number of hydrogen-bond acceptors (Lipinski definition) is 4. The second-order valence-electron chi connectivity index (χ2n) is 3.25. The first-order valence-corrected chi connectivity index (χ1v) is 5.68. The van der Waals surface area contributed by atoms with Crippen molar-refractivity contribution in [3.63, 3.8) is 0 Å². The number of likely N-dealkylation sites (N-methyl/N-ethyl adjacent to an activating group) is 1. The molecule has 1 aromatic rings. The first-order chi connectivity index (χ1) is 8.47. The van der Waals surface area contributed by atoms with E-state index in [1.807, 2.05) is 0 Å². The van der Waals surface area contributed by atoms with E-state index in [1.165, 1.54) is 25.2 Å². The molecule has 0 radical (unpaired) electrons. The van der Waals surface area contributed by atoms with Crippen molar-refractivity contribution < 1.29 is 14.5 Å². The predicted molar refractivity (Wildman–Crippen MR) is 67.2 cm³/mol. The van der Waals surface area contributed by atoms with E-state index < -0.39 is 10.8 Å². The summed E-state index contributed by atoms with van der Waals surface area (Å²) in [4.78, 5) is 32.8. The molecular formula is C10H10BrN3O4. The molecule has 0 heterocycles. The number of hydrogen-bond donors (Lipinski definition) is 2. The van der Waals surface area contributed by atoms with Crippen molar-refractivity contribution in [1.82, 2.24) is 10.6 Å². The van der Waals surface area contributed by atoms with Gasteiger partial charge in [-0.3, -0.25) is 19.7 Å². The fourth-order valence-electron chi connectivity index (χ4n) is 1.18. The normalized spacial score (nSPS) is 9.67. The third-order valence-electron chi connectivity index (χ3n) is 2.11. The van der Waals surface area contributed by atoms with Crippen molar-refractivity contribution in [3.8, 4) is 0 Å². The molecule has 0 aliphatic heterocycles. The van der Waals surface area contributed by atoms with Crippen LogP contribution in [0.2, 0.25) is 0 Å². The number of amides is 2. The summed E-state index contributed by atoms with van der Waals surface area (Å²) in [6.07, 6.45) is 0. The van der Waals surface area contributed by atoms with E-state index in [-0.39, 0.29) is 28.2 Å². The Balaban J connectivity index is 2.90. The van der Waals surface area contributed by atoms with Gasteiger partial charge in [0.05, 0.1) is 17.0 Å². The van der Waals surface area contributed by atoms with Gasteiger partial charge in [0.1, 0.15) is 4.47 Å². The van der Waals surface area contributed by atoms with Crippen molar-refractivity contribution in [2.24, 2.45) is 0 Å². The molecule has 0 spiro atoms. The van der Waals surface area contributed by atoms with E-state index in [0.29, 0.717) is 0 Å². The van der Waals surface area contributed by atoms with Gasteiger partial charge in [-0.2, -0.15) is 0 Å². The van der Waals surface area contributed by atoms with Crippen LogP contribution in [0.25, 0.3) is 0 Å². The maximum atomic E-state index is 11.7. The molecule has 0 unspecified atom stereocenters. The number of nitrogens with one attached hydrogen (secondary N) is 2. The number of benzene rings is 1. The molecule has 0 saturated heterocycles. The molecule has 2 N–H and O–H groups in total. The van der Waals surface area contributed by atoms with Gasteiger partial charge in [-0.1, -0.05) is 6.07 Å². The van der Waals surface area contributed by atoms with Crippen LogP contribution in [0.4, 0.5) is 5.69 Å². The monoisotopic (exact) mass is 315 g/mol. The Kier molecular flexibility index (Phi) is 4.78. The maximum absolute atomic E-state index is 11.7. The first kappa shape index (κ1) is 14.1. The Morgan fingerprint density at radius 2 is 2.11 bits per heavy atom. The number of nitrogens with zero attached hydrogens (tertiary/aromatic N) is 1. The van der Waals surface area contributed by atoms with Crippen LogP contribution in [-0.2, 0) is 4.79 Å². The van der Waals surface area contributed by atoms with Gasteiger partial charge in [0.25, 0.3) is 11.6 Å². The number of halogens is 1. The van der Waals surface area contributed by atoms with Crippen LogP contribution in [0.5, 0.6) is 0 Å². The molecular weight excluding hydrogens is 306 g/mol. The van der Waals surface area contributed by atoms with E-state index >= 15 is 0 Å². The van der Waals surface area contributed by atoms with Gasteiger partial charge in [-0.05, 0) is 22.0 Å². The molecule has 8 heteroatoms. The minimum absolute atomic E-state index is 0.0874. The molecule has 0 aliphatic carbocycles. The summed E-state index contributed by atoms with van der Waals surface area (Å²) in [5.41, 5.74) is -0.101. The summed E-state index contributed by atoms with van der Waals surface area (Å²) in [5.74, 6) is -0.918. The molecule has 0 aliphatic rings. The van der Waals surface area contributed by atoms with Gasteiger partial charge in [0.15, 0.2) is 0 Å². The van der Waals surface area contributed by atoms with Crippen LogP contribution in [0.1, 0.15) is 10.4 Å². The average molecular weight is 316 g/mol. The summed E-state index contributed by atoms with van der Waals surface area (Å²) >= 11 is 3.00. The SMILES string of the molecule is CNC(=O)CNC(=O)c1cccc([N+](=O)[O-])c1Br. The van der Waals surface area contributed by atoms with E-state index in [0.717, 1.165) is 0 Å². The van der Waals surface area contributed by atoms with Crippen LogP contribution in [-0.4, -0.2) is 30.3 Å². The number of carbonyl (C=O) groups is 2. The van der Waals surface area contributed by atoms with Crippen LogP contribution in [0, 0.1) is 10.1 Å². The molecule has 0 bridgehead atoms. The van der Waals surface area contributed by atoms with Gasteiger partial charge in [-0.25, -0.2) is 0 Å². The quantitative estimate of drug-likeness (QED) is 0.634. The van der Waals surface area contributed by atoms with Crippen molar-refractivity contribution >= 4 is 33.4 Å². The van der Waals surface area contributed by atoms with E-state index in [4.69, 9.17) is 0 Å². The lowest BCUT2D eigenvalue weighted by Crippen LogP contribution is -2.35. The zero-order valence-corrected chi connectivity index (χ0v) is 11.0. The Hall–Kier alpha value is -1.96. The van der Waals surface area contributed by atoms with E-state index in [2.05, 4.69) is 26.6 Å². The largest absolute Gasteiger partial charge is 0.358 e. The summed E-state index contributed by atoms with van der Waals surface area (Å²) in [7, 11) is 1.44. The molecule has 0 fully saturated rings. The number of rotatable bonds is 4. The van der Waals surface area contributed by atoms with Crippen LogP contribution < -0.4 is 10.6 Å². The van der Waals surface area contributed by atoms with E-state index in [1.54, 1.807) is 0 Å². The standard InChI is InChI=1S/C10H10BrN3O4/c1-12-8(15)5-13-10(16)6-3-2-4-7(9(6)11)14(17)18/h2-4H,5H2,1H3,(H,12,15)(H,13,16). The highest BCUT2D eigenvalue weighted by Gasteiger charge is 2.19. The number of nitro groups is 1. The summed E-state index contributed by atoms with van der Waals surface area (Å²) in [5, 5.41) is 15.4. The second kappa shape index (κ2) is 6.10. The molecule has 0 aromatic heterocycles. The summed E-state index contributed by atoms with van der Waals surface area (Å²) in [6, 6.07) is 4.10. The number of nitro benzene ring substituents is 1. The number of carbonyl (C=O) groups excluding carboxylic acids is 2. The molecule has 1 aromatic carbocycles. The van der Waals surface area contributed by atoms with Gasteiger partial charge < -0.3 is 10.6 Å². The van der Waals surface area contributed by atoms with Crippen molar-refractivity contribution in [2.75, 3.05) is 13.6 Å². The van der Waals surface area contributed by atoms with Gasteiger partial charge in [-0.15, -0.1) is 0 Å². The third-order valence-corrected chi connectivity index (χ3v) is 2.94. The van der Waals surface area contributed by atoms with Crippen LogP contribution in [0.3, 0.4) is 0 Å². The topological polar surface area (TPSA) is 101 Å². The minimum Gasteiger partial charge on any atom is -0.358 e. The third kappa shape index (κ3) is 3.27. The molecule has 1 rings (SSSR count). The molecule has 2 amide bonds. The second-order valence-corrected chi connectivity index (χ2v) is 4.04. The Bertz CT molecular complexity index is 504. The molecule has 18 heavy (non-hydrogen) atoms. The Morgan fingerprint density at radius 3 is 2.67 bits per heavy atom. The summed E-state index contributed by atoms with van der Waals surface area (Å²) in [6.45, 7) is -0.190. The Labute approximate surface area is 111 Å². The lowest BCUT2D eigenvalue weighted by atomic mass is 10.2. The van der Waals surface area contributed by atoms with Crippen LogP contribution in [0.15, 0.2) is 22.7 Å². The highest BCUT2D eigenvalue weighted by atomic mass is 79.9. The lowest BCUT2D eigenvalue weighted by molar-refractivity contribution is -0.385. The molecule has 0 atom stereocenters. The van der Waals surface area contributed by atoms with Gasteiger partial charge >= 0.3 is 0 Å². The van der Waals surface area contributed by atoms with Crippen molar-refractivity contribution in [1.29, 1.82) is 0 Å². The smallest absolute Gasteiger partial charge is 0.284 e. The molecule has 0 saturated carbocycles. The van der Waals surface area contributed by atoms with Gasteiger partial charge in [0.2, 0.25) is 5.91 Å². The molecule has 7 nitrogen and oxygen atoms in total. The van der Waals surface area contributed by atoms with E-state index in [9.17, 15) is 19.7 Å². The molecule has 96 valence electrons. The highest BCUT2D eigenvalue weighted by molar-refractivity contribution is 9.10. The Morgan fingerprint density at radius 1 is 1.44 bits per heavy atom. The summed E-state index contributed by atoms with van der Waals surface area (Å²) < 4.78 is 0.0874. The minimum atomic E-state index is -0.598.